The predicted octanol–water partition coefficient (Wildman–Crippen LogP) is 0.844. The first-order valence-corrected chi connectivity index (χ1v) is 8.95. The lowest BCUT2D eigenvalue weighted by molar-refractivity contribution is -0.245. The fourth-order valence-electron chi connectivity index (χ4n) is 5.27. The van der Waals surface area contributed by atoms with E-state index in [1.54, 1.807) is 25.1 Å². The third kappa shape index (κ3) is 1.77. The highest BCUT2D eigenvalue weighted by atomic mass is 16.6. The first-order valence-electron chi connectivity index (χ1n) is 8.95. The number of nitrogens with zero attached hydrogens (tertiary/aromatic N) is 3. The van der Waals surface area contributed by atoms with Crippen molar-refractivity contribution in [3.8, 4) is 6.07 Å². The molecule has 2 amide bonds. The monoisotopic (exact) mass is 379 g/mol. The van der Waals surface area contributed by atoms with Gasteiger partial charge >= 0.3 is 0 Å². The molecular weight excluding hydrogens is 362 g/mol. The second-order valence-corrected chi connectivity index (χ2v) is 8.13. The third-order valence-corrected chi connectivity index (χ3v) is 6.50. The summed E-state index contributed by atoms with van der Waals surface area (Å²) in [7, 11) is 0. The second kappa shape index (κ2) is 4.94. The van der Waals surface area contributed by atoms with Crippen LogP contribution in [0.3, 0.4) is 0 Å². The van der Waals surface area contributed by atoms with Crippen molar-refractivity contribution in [2.24, 2.45) is 11.8 Å². The fourth-order valence-corrected chi connectivity index (χ4v) is 5.27. The van der Waals surface area contributed by atoms with Crippen molar-refractivity contribution in [1.29, 1.82) is 5.26 Å². The third-order valence-electron chi connectivity index (χ3n) is 6.50. The number of carbonyl (C=O) groups excluding carboxylic acids is 2. The Morgan fingerprint density at radius 3 is 2.64 bits per heavy atom. The van der Waals surface area contributed by atoms with E-state index in [0.29, 0.717) is 22.2 Å². The lowest BCUT2D eigenvalue weighted by atomic mass is 9.66. The molecular formula is C20H17N3O5. The fraction of sp³-hybridized carbons (Fsp3) is 0.400. The van der Waals surface area contributed by atoms with Crippen molar-refractivity contribution < 1.29 is 24.5 Å². The van der Waals surface area contributed by atoms with Crippen LogP contribution < -0.4 is 4.90 Å². The molecule has 0 unspecified atom stereocenters. The molecule has 3 fully saturated rings. The molecule has 3 aliphatic rings. The summed E-state index contributed by atoms with van der Waals surface area (Å²) in [5.41, 5.74) is -1.65. The molecule has 142 valence electrons. The average Bonchev–Trinajstić information content (AvgIpc) is 3.12. The van der Waals surface area contributed by atoms with E-state index in [-0.39, 0.29) is 6.42 Å². The molecule has 3 saturated heterocycles. The molecule has 2 aromatic rings. The zero-order valence-electron chi connectivity index (χ0n) is 15.2. The molecule has 8 nitrogen and oxygen atoms in total. The molecule has 5 rings (SSSR count). The Bertz CT molecular complexity index is 1120. The van der Waals surface area contributed by atoms with E-state index >= 15 is 0 Å². The van der Waals surface area contributed by atoms with Crippen LogP contribution in [0.4, 0.5) is 5.69 Å². The number of carbonyl (C=O) groups is 2. The van der Waals surface area contributed by atoms with E-state index in [2.05, 4.69) is 11.1 Å². The molecule has 2 bridgehead atoms. The van der Waals surface area contributed by atoms with Crippen molar-refractivity contribution in [2.45, 2.75) is 37.3 Å². The number of ether oxygens (including phenoxy) is 1. The van der Waals surface area contributed by atoms with Gasteiger partial charge in [0, 0.05) is 18.0 Å². The van der Waals surface area contributed by atoms with Crippen LogP contribution in [0.2, 0.25) is 0 Å². The van der Waals surface area contributed by atoms with E-state index in [9.17, 15) is 25.1 Å². The van der Waals surface area contributed by atoms with Crippen molar-refractivity contribution in [2.75, 3.05) is 4.90 Å². The van der Waals surface area contributed by atoms with E-state index < -0.39 is 40.6 Å². The van der Waals surface area contributed by atoms with Gasteiger partial charge in [-0.2, -0.15) is 5.26 Å². The summed E-state index contributed by atoms with van der Waals surface area (Å²) in [5, 5.41) is 30.7. The zero-order chi connectivity index (χ0) is 20.1. The van der Waals surface area contributed by atoms with E-state index in [1.165, 1.54) is 19.2 Å². The van der Waals surface area contributed by atoms with Crippen molar-refractivity contribution in [3.63, 3.8) is 0 Å². The van der Waals surface area contributed by atoms with E-state index in [0.717, 1.165) is 4.90 Å². The van der Waals surface area contributed by atoms with E-state index in [1.807, 2.05) is 0 Å². The number of aromatic nitrogens is 1. The average molecular weight is 379 g/mol. The SMILES string of the molecule is C[C@]12CC(O)(O)[C@](C)(O1)[C@@H]1C(=O)N(c3ccc(C#N)c4ncccc34)C(=O)[C@@H]12. The number of hydrogen-bond donors (Lipinski definition) is 2. The number of nitriles is 1. The van der Waals surface area contributed by atoms with Crippen LogP contribution in [0.25, 0.3) is 10.9 Å². The smallest absolute Gasteiger partial charge is 0.240 e. The molecule has 4 heterocycles. The maximum absolute atomic E-state index is 13.3. The summed E-state index contributed by atoms with van der Waals surface area (Å²) in [6.07, 6.45) is 1.39. The minimum atomic E-state index is -2.21. The van der Waals surface area contributed by atoms with Crippen LogP contribution in [0.15, 0.2) is 30.5 Å². The van der Waals surface area contributed by atoms with Crippen LogP contribution in [-0.4, -0.2) is 44.0 Å². The van der Waals surface area contributed by atoms with Crippen molar-refractivity contribution in [3.05, 3.63) is 36.0 Å². The van der Waals surface area contributed by atoms with Gasteiger partial charge in [0.25, 0.3) is 0 Å². The van der Waals surface area contributed by atoms with Crippen LogP contribution in [0.1, 0.15) is 25.8 Å². The highest BCUT2D eigenvalue weighted by Gasteiger charge is 2.80. The maximum atomic E-state index is 13.3. The van der Waals surface area contributed by atoms with Gasteiger partial charge in [-0.05, 0) is 38.1 Å². The molecule has 2 N–H and O–H groups in total. The van der Waals surface area contributed by atoms with Crippen LogP contribution in [-0.2, 0) is 14.3 Å². The first-order chi connectivity index (χ1) is 13.1. The number of rotatable bonds is 1. The Balaban J connectivity index is 1.70. The Morgan fingerprint density at radius 1 is 1.21 bits per heavy atom. The normalized spacial score (nSPS) is 35.5. The second-order valence-electron chi connectivity index (χ2n) is 8.13. The van der Waals surface area contributed by atoms with Crippen LogP contribution in [0, 0.1) is 23.2 Å². The van der Waals surface area contributed by atoms with Gasteiger partial charge in [-0.1, -0.05) is 0 Å². The zero-order valence-corrected chi connectivity index (χ0v) is 15.2. The number of fused-ring (bicyclic) bond motifs is 6. The molecule has 1 aromatic heterocycles. The van der Waals surface area contributed by atoms with Gasteiger partial charge in [-0.15, -0.1) is 0 Å². The van der Waals surface area contributed by atoms with Crippen LogP contribution >= 0.6 is 0 Å². The topological polar surface area (TPSA) is 124 Å². The minimum absolute atomic E-state index is 0.153. The van der Waals surface area contributed by atoms with Gasteiger partial charge < -0.3 is 14.9 Å². The Labute approximate surface area is 160 Å². The number of pyridine rings is 1. The quantitative estimate of drug-likeness (QED) is 0.556. The number of aliphatic hydroxyl groups is 2. The first kappa shape index (κ1) is 17.3. The number of anilines is 1. The Kier molecular flexibility index (Phi) is 3.05. The minimum Gasteiger partial charge on any atom is -0.363 e. The van der Waals surface area contributed by atoms with Crippen LogP contribution in [0.5, 0.6) is 0 Å². The summed E-state index contributed by atoms with van der Waals surface area (Å²) in [6.45, 7) is 3.10. The molecule has 0 saturated carbocycles. The van der Waals surface area contributed by atoms with Gasteiger partial charge in [0.2, 0.25) is 11.8 Å². The molecule has 4 atom stereocenters. The number of imide groups is 1. The summed E-state index contributed by atoms with van der Waals surface area (Å²) >= 11 is 0. The lowest BCUT2D eigenvalue weighted by Gasteiger charge is -2.38. The summed E-state index contributed by atoms with van der Waals surface area (Å²) in [6, 6.07) is 8.50. The van der Waals surface area contributed by atoms with E-state index in [4.69, 9.17) is 4.74 Å². The number of hydrogen-bond acceptors (Lipinski definition) is 7. The molecule has 8 heteroatoms. The van der Waals surface area contributed by atoms with Gasteiger partial charge in [0.15, 0.2) is 5.79 Å². The largest absolute Gasteiger partial charge is 0.363 e. The lowest BCUT2D eigenvalue weighted by Crippen LogP contribution is -2.58. The Morgan fingerprint density at radius 2 is 1.93 bits per heavy atom. The Hall–Kier alpha value is -2.86. The number of amides is 2. The van der Waals surface area contributed by atoms with Gasteiger partial charge in [-0.3, -0.25) is 14.6 Å². The standard InChI is InChI=1S/C20H17N3O5/c1-18-9-20(26,27)19(2,28-18)14-13(18)16(24)23(17(14)25)12-6-5-10(8-21)15-11(12)4-3-7-22-15/h3-7,13-14,26-27H,9H2,1-2H3/t13-,14+,18-,19-/m1/s1. The predicted molar refractivity (Wildman–Crippen MR) is 95.6 cm³/mol. The molecule has 0 aliphatic carbocycles. The van der Waals surface area contributed by atoms with Crippen molar-refractivity contribution in [1.82, 2.24) is 4.98 Å². The molecule has 1 aromatic carbocycles. The van der Waals surface area contributed by atoms with Gasteiger partial charge in [0.05, 0.1) is 34.2 Å². The molecule has 0 spiro atoms. The van der Waals surface area contributed by atoms with Gasteiger partial charge in [0.1, 0.15) is 11.7 Å². The molecule has 3 aliphatic heterocycles. The maximum Gasteiger partial charge on any atom is 0.240 e. The summed E-state index contributed by atoms with van der Waals surface area (Å²) in [4.78, 5) is 32.0. The molecule has 28 heavy (non-hydrogen) atoms. The van der Waals surface area contributed by atoms with Gasteiger partial charge in [-0.25, -0.2) is 4.90 Å². The summed E-state index contributed by atoms with van der Waals surface area (Å²) < 4.78 is 5.85. The highest BCUT2D eigenvalue weighted by molar-refractivity contribution is 6.26. The van der Waals surface area contributed by atoms with Crippen molar-refractivity contribution >= 4 is 28.4 Å². The molecule has 0 radical (unpaired) electrons. The summed E-state index contributed by atoms with van der Waals surface area (Å²) in [5.74, 6) is -4.99. The highest BCUT2D eigenvalue weighted by Crippen LogP contribution is 2.64. The number of benzene rings is 1.